The van der Waals surface area contributed by atoms with Crippen LogP contribution in [0.5, 0.6) is 0 Å². The number of rotatable bonds is 9. The first-order chi connectivity index (χ1) is 8.25. The molecule has 0 rings (SSSR count). The average Bonchev–Trinajstić information content (AvgIpc) is 2.23. The lowest BCUT2D eigenvalue weighted by atomic mass is 10.1. The van der Waals surface area contributed by atoms with Crippen molar-refractivity contribution in [2.24, 2.45) is 0 Å². The Kier molecular flexibility index (Phi) is 7.75. The molecule has 1 N–H and O–H groups in total. The molecule has 0 aromatic carbocycles. The zero-order chi connectivity index (χ0) is 14.2. The van der Waals surface area contributed by atoms with E-state index in [0.29, 0.717) is 13.0 Å². The van der Waals surface area contributed by atoms with Gasteiger partial charge in [0.2, 0.25) is 10.0 Å². The van der Waals surface area contributed by atoms with Crippen LogP contribution >= 0.6 is 0 Å². The molecule has 0 amide bonds. The maximum absolute atomic E-state index is 12.3. The van der Waals surface area contributed by atoms with E-state index in [1.54, 1.807) is 6.08 Å². The van der Waals surface area contributed by atoms with Crippen molar-refractivity contribution >= 4 is 10.0 Å². The first-order valence-corrected chi connectivity index (χ1v) is 8.18. The lowest BCUT2D eigenvalue weighted by Crippen LogP contribution is -2.46. The number of nitrogens with one attached hydrogen (secondary N) is 1. The summed E-state index contributed by atoms with van der Waals surface area (Å²) in [4.78, 5) is 0. The van der Waals surface area contributed by atoms with Gasteiger partial charge in [0.15, 0.2) is 0 Å². The third kappa shape index (κ3) is 6.52. The van der Waals surface area contributed by atoms with Crippen molar-refractivity contribution in [1.82, 2.24) is 9.62 Å². The summed E-state index contributed by atoms with van der Waals surface area (Å²) in [7, 11) is -3.21. The van der Waals surface area contributed by atoms with Gasteiger partial charge in [-0.15, -0.1) is 6.58 Å². The Morgan fingerprint density at radius 1 is 1.28 bits per heavy atom. The zero-order valence-corrected chi connectivity index (χ0v) is 13.0. The van der Waals surface area contributed by atoms with Crippen LogP contribution in [0.2, 0.25) is 0 Å². The Morgan fingerprint density at radius 2 is 1.89 bits per heavy atom. The molecule has 108 valence electrons. The van der Waals surface area contributed by atoms with Crippen molar-refractivity contribution < 1.29 is 8.42 Å². The van der Waals surface area contributed by atoms with E-state index in [1.165, 1.54) is 4.31 Å². The highest BCUT2D eigenvalue weighted by molar-refractivity contribution is 7.89. The highest BCUT2D eigenvalue weighted by Crippen LogP contribution is 2.18. The molecule has 0 heterocycles. The Morgan fingerprint density at radius 3 is 2.33 bits per heavy atom. The second-order valence-corrected chi connectivity index (χ2v) is 7.42. The standard InChI is InChI=1S/C13H28N2O2S/c1-6-9-14-10-8-12-18(16,17)15(11-7-2)13(3,4)5/h7,14H,2,6,8-12H2,1,3-5H3. The van der Waals surface area contributed by atoms with Gasteiger partial charge in [-0.25, -0.2) is 8.42 Å². The van der Waals surface area contributed by atoms with Crippen LogP contribution in [0.25, 0.3) is 0 Å². The molecule has 4 nitrogen and oxygen atoms in total. The van der Waals surface area contributed by atoms with Gasteiger partial charge in [-0.05, 0) is 46.7 Å². The highest BCUT2D eigenvalue weighted by Gasteiger charge is 2.30. The van der Waals surface area contributed by atoms with Crippen molar-refractivity contribution in [3.05, 3.63) is 12.7 Å². The van der Waals surface area contributed by atoms with E-state index in [4.69, 9.17) is 0 Å². The fourth-order valence-electron chi connectivity index (χ4n) is 1.71. The Balaban J connectivity index is 4.43. The van der Waals surface area contributed by atoms with Gasteiger partial charge in [0.05, 0.1) is 5.75 Å². The van der Waals surface area contributed by atoms with E-state index in [2.05, 4.69) is 18.8 Å². The molecule has 0 saturated carbocycles. The first kappa shape index (κ1) is 17.6. The molecule has 0 unspecified atom stereocenters. The molecule has 0 atom stereocenters. The van der Waals surface area contributed by atoms with Crippen LogP contribution < -0.4 is 5.32 Å². The fourth-order valence-corrected chi connectivity index (χ4v) is 3.61. The van der Waals surface area contributed by atoms with Gasteiger partial charge in [0, 0.05) is 12.1 Å². The highest BCUT2D eigenvalue weighted by atomic mass is 32.2. The maximum atomic E-state index is 12.3. The molecule has 0 aliphatic rings. The molecule has 0 bridgehead atoms. The van der Waals surface area contributed by atoms with Gasteiger partial charge in [-0.1, -0.05) is 13.0 Å². The van der Waals surface area contributed by atoms with E-state index in [-0.39, 0.29) is 5.75 Å². The number of hydrogen-bond donors (Lipinski definition) is 1. The average molecular weight is 276 g/mol. The van der Waals surface area contributed by atoms with E-state index < -0.39 is 15.6 Å². The molecule has 18 heavy (non-hydrogen) atoms. The Bertz CT molecular complexity index is 331. The van der Waals surface area contributed by atoms with Crippen molar-refractivity contribution in [2.45, 2.75) is 46.1 Å². The molecule has 0 fully saturated rings. The number of hydrogen-bond acceptors (Lipinski definition) is 3. The SMILES string of the molecule is C=CCN(C(C)(C)C)S(=O)(=O)CCCNCCC. The minimum absolute atomic E-state index is 0.189. The topological polar surface area (TPSA) is 49.4 Å². The molecule has 5 heteroatoms. The molecule has 0 spiro atoms. The van der Waals surface area contributed by atoms with Crippen LogP contribution in [-0.4, -0.2) is 43.6 Å². The molecule has 0 aromatic rings. The van der Waals surface area contributed by atoms with Crippen LogP contribution in [0.1, 0.15) is 40.5 Å². The van der Waals surface area contributed by atoms with Crippen molar-refractivity contribution in [1.29, 1.82) is 0 Å². The Labute approximate surface area is 112 Å². The van der Waals surface area contributed by atoms with Crippen LogP contribution in [0.3, 0.4) is 0 Å². The Hall–Kier alpha value is -0.390. The summed E-state index contributed by atoms with van der Waals surface area (Å²) in [5.74, 6) is 0.189. The van der Waals surface area contributed by atoms with E-state index in [1.807, 2.05) is 20.8 Å². The third-order valence-corrected chi connectivity index (χ3v) is 4.73. The monoisotopic (exact) mass is 276 g/mol. The van der Waals surface area contributed by atoms with Crippen LogP contribution in [-0.2, 0) is 10.0 Å². The van der Waals surface area contributed by atoms with Gasteiger partial charge >= 0.3 is 0 Å². The molecule has 0 aliphatic heterocycles. The van der Waals surface area contributed by atoms with Gasteiger partial charge in [-0.2, -0.15) is 4.31 Å². The summed E-state index contributed by atoms with van der Waals surface area (Å²) in [5, 5.41) is 3.21. The van der Waals surface area contributed by atoms with Crippen molar-refractivity contribution in [3.63, 3.8) is 0 Å². The quantitative estimate of drug-likeness (QED) is 0.517. The van der Waals surface area contributed by atoms with Gasteiger partial charge in [0.1, 0.15) is 0 Å². The number of nitrogens with zero attached hydrogens (tertiary/aromatic N) is 1. The normalized spacial score (nSPS) is 12.9. The molecular formula is C13H28N2O2S. The van der Waals surface area contributed by atoms with Crippen molar-refractivity contribution in [3.8, 4) is 0 Å². The van der Waals surface area contributed by atoms with E-state index in [0.717, 1.165) is 19.5 Å². The summed E-state index contributed by atoms with van der Waals surface area (Å²) < 4.78 is 26.0. The van der Waals surface area contributed by atoms with Gasteiger partial charge in [-0.3, -0.25) is 0 Å². The summed E-state index contributed by atoms with van der Waals surface area (Å²) in [6.45, 7) is 13.5. The zero-order valence-electron chi connectivity index (χ0n) is 12.2. The smallest absolute Gasteiger partial charge is 0.214 e. The predicted molar refractivity (Wildman–Crippen MR) is 78.2 cm³/mol. The number of sulfonamides is 1. The molecule has 0 aliphatic carbocycles. The van der Waals surface area contributed by atoms with Gasteiger partial charge in [0.25, 0.3) is 0 Å². The summed E-state index contributed by atoms with van der Waals surface area (Å²) in [6, 6.07) is 0. The maximum Gasteiger partial charge on any atom is 0.214 e. The summed E-state index contributed by atoms with van der Waals surface area (Å²) in [5.41, 5.74) is -0.399. The molecule has 0 radical (unpaired) electrons. The van der Waals surface area contributed by atoms with Gasteiger partial charge < -0.3 is 5.32 Å². The largest absolute Gasteiger partial charge is 0.317 e. The van der Waals surface area contributed by atoms with E-state index in [9.17, 15) is 8.42 Å². The second kappa shape index (κ2) is 7.92. The lowest BCUT2D eigenvalue weighted by Gasteiger charge is -2.33. The molecular weight excluding hydrogens is 248 g/mol. The van der Waals surface area contributed by atoms with Crippen molar-refractivity contribution in [2.75, 3.05) is 25.4 Å². The first-order valence-electron chi connectivity index (χ1n) is 6.58. The van der Waals surface area contributed by atoms with Crippen LogP contribution in [0, 0.1) is 0 Å². The second-order valence-electron chi connectivity index (χ2n) is 5.41. The van der Waals surface area contributed by atoms with Crippen LogP contribution in [0.4, 0.5) is 0 Å². The minimum atomic E-state index is -3.21. The molecule has 0 aromatic heterocycles. The third-order valence-electron chi connectivity index (χ3n) is 2.56. The summed E-state index contributed by atoms with van der Waals surface area (Å²) in [6.07, 6.45) is 3.35. The fraction of sp³-hybridized carbons (Fsp3) is 0.846. The predicted octanol–water partition coefficient (Wildman–Crippen LogP) is 1.99. The summed E-state index contributed by atoms with van der Waals surface area (Å²) >= 11 is 0. The van der Waals surface area contributed by atoms with Crippen LogP contribution in [0.15, 0.2) is 12.7 Å². The molecule has 0 saturated heterocycles. The minimum Gasteiger partial charge on any atom is -0.317 e. The lowest BCUT2D eigenvalue weighted by molar-refractivity contribution is 0.269. The van der Waals surface area contributed by atoms with E-state index >= 15 is 0 Å².